The van der Waals surface area contributed by atoms with Crippen LogP contribution < -0.4 is 0 Å². The maximum Gasteiger partial charge on any atom is -0.0128 e. The first-order valence-corrected chi connectivity index (χ1v) is 8.30. The fourth-order valence-corrected chi connectivity index (χ4v) is 3.62. The van der Waals surface area contributed by atoms with Crippen LogP contribution in [0.2, 0.25) is 0 Å². The second-order valence-corrected chi connectivity index (χ2v) is 6.74. The van der Waals surface area contributed by atoms with Crippen molar-refractivity contribution < 1.29 is 0 Å². The Bertz CT molecular complexity index is 377. The third kappa shape index (κ3) is 3.84. The van der Waals surface area contributed by atoms with Gasteiger partial charge < -0.3 is 0 Å². The number of benzene rings is 1. The molecule has 0 nitrogen and oxygen atoms in total. The molecule has 0 aromatic heterocycles. The molecule has 1 aliphatic rings. The highest BCUT2D eigenvalue weighted by atomic mass is 14.4. The van der Waals surface area contributed by atoms with E-state index in [4.69, 9.17) is 0 Å². The highest BCUT2D eigenvalue weighted by molar-refractivity contribution is 5.36. The van der Waals surface area contributed by atoms with E-state index < -0.39 is 0 Å². The van der Waals surface area contributed by atoms with E-state index >= 15 is 0 Å². The fourth-order valence-electron chi connectivity index (χ4n) is 3.62. The van der Waals surface area contributed by atoms with Gasteiger partial charge in [-0.1, -0.05) is 70.7 Å². The SMILES string of the molecule is CCCCCC1c2ccccc2CC1CCC(C)C. The summed E-state index contributed by atoms with van der Waals surface area (Å²) in [7, 11) is 0. The van der Waals surface area contributed by atoms with Gasteiger partial charge in [-0.05, 0) is 48.1 Å². The lowest BCUT2D eigenvalue weighted by Gasteiger charge is -2.21. The van der Waals surface area contributed by atoms with Gasteiger partial charge in [0.25, 0.3) is 0 Å². The summed E-state index contributed by atoms with van der Waals surface area (Å²) in [5, 5.41) is 0. The van der Waals surface area contributed by atoms with E-state index in [2.05, 4.69) is 45.0 Å². The smallest absolute Gasteiger partial charge is 0.0128 e. The summed E-state index contributed by atoms with van der Waals surface area (Å²) < 4.78 is 0. The van der Waals surface area contributed by atoms with Gasteiger partial charge in [-0.3, -0.25) is 0 Å². The number of hydrogen-bond donors (Lipinski definition) is 0. The minimum Gasteiger partial charge on any atom is -0.0654 e. The van der Waals surface area contributed by atoms with Crippen LogP contribution in [-0.2, 0) is 6.42 Å². The quantitative estimate of drug-likeness (QED) is 0.529. The number of hydrogen-bond acceptors (Lipinski definition) is 0. The maximum atomic E-state index is 2.39. The summed E-state index contributed by atoms with van der Waals surface area (Å²) in [5.41, 5.74) is 3.31. The Labute approximate surface area is 119 Å². The first kappa shape index (κ1) is 14.6. The van der Waals surface area contributed by atoms with Crippen molar-refractivity contribution in [1.29, 1.82) is 0 Å². The van der Waals surface area contributed by atoms with Crippen molar-refractivity contribution in [3.05, 3.63) is 35.4 Å². The van der Waals surface area contributed by atoms with Gasteiger partial charge in [0, 0.05) is 0 Å². The van der Waals surface area contributed by atoms with Gasteiger partial charge in [-0.2, -0.15) is 0 Å². The molecule has 0 amide bonds. The molecule has 19 heavy (non-hydrogen) atoms. The van der Waals surface area contributed by atoms with E-state index in [0.29, 0.717) is 0 Å². The van der Waals surface area contributed by atoms with Crippen molar-refractivity contribution in [2.24, 2.45) is 11.8 Å². The van der Waals surface area contributed by atoms with Crippen LogP contribution in [-0.4, -0.2) is 0 Å². The molecule has 0 N–H and O–H groups in total. The summed E-state index contributed by atoms with van der Waals surface area (Å²) in [6.07, 6.45) is 9.70. The van der Waals surface area contributed by atoms with Gasteiger partial charge in [0.1, 0.15) is 0 Å². The number of fused-ring (bicyclic) bond motifs is 1. The molecular formula is C19H30. The summed E-state index contributed by atoms with van der Waals surface area (Å²) >= 11 is 0. The Hall–Kier alpha value is -0.780. The van der Waals surface area contributed by atoms with E-state index in [1.54, 1.807) is 11.1 Å². The molecule has 0 heteroatoms. The normalized spacial score (nSPS) is 21.9. The topological polar surface area (TPSA) is 0 Å². The summed E-state index contributed by atoms with van der Waals surface area (Å²) in [4.78, 5) is 0. The third-order valence-electron chi connectivity index (χ3n) is 4.74. The number of unbranched alkanes of at least 4 members (excludes halogenated alkanes) is 2. The molecule has 0 spiro atoms. The van der Waals surface area contributed by atoms with E-state index in [0.717, 1.165) is 17.8 Å². The highest BCUT2D eigenvalue weighted by Crippen LogP contribution is 2.43. The van der Waals surface area contributed by atoms with Crippen molar-refractivity contribution in [1.82, 2.24) is 0 Å². The molecule has 1 aromatic carbocycles. The molecule has 0 fully saturated rings. The minimum atomic E-state index is 0.847. The third-order valence-corrected chi connectivity index (χ3v) is 4.74. The van der Waals surface area contributed by atoms with E-state index in [9.17, 15) is 0 Å². The number of rotatable bonds is 7. The van der Waals surface area contributed by atoms with Gasteiger partial charge in [0.05, 0.1) is 0 Å². The van der Waals surface area contributed by atoms with Crippen LogP contribution >= 0.6 is 0 Å². The van der Waals surface area contributed by atoms with Crippen LogP contribution in [0.25, 0.3) is 0 Å². The Balaban J connectivity index is 2.02. The molecule has 0 saturated carbocycles. The predicted molar refractivity (Wildman–Crippen MR) is 84.6 cm³/mol. The van der Waals surface area contributed by atoms with Crippen molar-refractivity contribution in [3.8, 4) is 0 Å². The van der Waals surface area contributed by atoms with Crippen LogP contribution in [0.5, 0.6) is 0 Å². The molecule has 0 bridgehead atoms. The highest BCUT2D eigenvalue weighted by Gasteiger charge is 2.31. The fraction of sp³-hybridized carbons (Fsp3) is 0.684. The maximum absolute atomic E-state index is 2.39. The summed E-state index contributed by atoms with van der Waals surface area (Å²) in [5.74, 6) is 2.61. The first-order valence-electron chi connectivity index (χ1n) is 8.30. The molecule has 2 atom stereocenters. The molecule has 1 aromatic rings. The zero-order valence-corrected chi connectivity index (χ0v) is 13.0. The zero-order chi connectivity index (χ0) is 13.7. The lowest BCUT2D eigenvalue weighted by Crippen LogP contribution is -2.09. The van der Waals surface area contributed by atoms with Gasteiger partial charge in [-0.15, -0.1) is 0 Å². The van der Waals surface area contributed by atoms with Gasteiger partial charge in [0.2, 0.25) is 0 Å². The Morgan fingerprint density at radius 3 is 2.63 bits per heavy atom. The first-order chi connectivity index (χ1) is 9.22. The average molecular weight is 258 g/mol. The molecule has 0 aliphatic heterocycles. The Morgan fingerprint density at radius 2 is 1.89 bits per heavy atom. The molecule has 1 aliphatic carbocycles. The van der Waals surface area contributed by atoms with Crippen LogP contribution in [0.3, 0.4) is 0 Å². The van der Waals surface area contributed by atoms with E-state index in [-0.39, 0.29) is 0 Å². The van der Waals surface area contributed by atoms with Gasteiger partial charge in [-0.25, -0.2) is 0 Å². The largest absolute Gasteiger partial charge is 0.0654 e. The summed E-state index contributed by atoms with van der Waals surface area (Å²) in [6.45, 7) is 7.02. The van der Waals surface area contributed by atoms with Crippen molar-refractivity contribution in [2.75, 3.05) is 0 Å². The van der Waals surface area contributed by atoms with E-state index in [1.165, 1.54) is 44.9 Å². The molecular weight excluding hydrogens is 228 g/mol. The van der Waals surface area contributed by atoms with Gasteiger partial charge >= 0.3 is 0 Å². The van der Waals surface area contributed by atoms with Crippen molar-refractivity contribution >= 4 is 0 Å². The van der Waals surface area contributed by atoms with Crippen molar-refractivity contribution in [2.45, 2.75) is 71.6 Å². The van der Waals surface area contributed by atoms with Crippen LogP contribution in [0, 0.1) is 11.8 Å². The molecule has 0 saturated heterocycles. The predicted octanol–water partition coefficient (Wildman–Crippen LogP) is 5.96. The van der Waals surface area contributed by atoms with Crippen LogP contribution in [0.1, 0.15) is 76.3 Å². The Morgan fingerprint density at radius 1 is 1.11 bits per heavy atom. The van der Waals surface area contributed by atoms with E-state index in [1.807, 2.05) is 0 Å². The lowest BCUT2D eigenvalue weighted by atomic mass is 9.84. The zero-order valence-electron chi connectivity index (χ0n) is 13.0. The van der Waals surface area contributed by atoms with Gasteiger partial charge in [0.15, 0.2) is 0 Å². The second kappa shape index (κ2) is 7.12. The standard InChI is InChI=1S/C19H30/c1-4-5-6-10-19-17(13-12-15(2)3)14-16-9-7-8-11-18(16)19/h7-9,11,15,17,19H,4-6,10,12-14H2,1-3H3. The monoisotopic (exact) mass is 258 g/mol. The molecule has 106 valence electrons. The van der Waals surface area contributed by atoms with Crippen LogP contribution in [0.15, 0.2) is 24.3 Å². The lowest BCUT2D eigenvalue weighted by molar-refractivity contribution is 0.362. The Kier molecular flexibility index (Phi) is 5.48. The molecule has 2 rings (SSSR count). The second-order valence-electron chi connectivity index (χ2n) is 6.74. The van der Waals surface area contributed by atoms with Crippen LogP contribution in [0.4, 0.5) is 0 Å². The average Bonchev–Trinajstić information content (AvgIpc) is 2.75. The minimum absolute atomic E-state index is 0.847. The summed E-state index contributed by atoms with van der Waals surface area (Å²) in [6, 6.07) is 9.20. The molecule has 2 unspecified atom stereocenters. The molecule has 0 radical (unpaired) electrons. The molecule has 0 heterocycles. The van der Waals surface area contributed by atoms with Crippen molar-refractivity contribution in [3.63, 3.8) is 0 Å².